The lowest BCUT2D eigenvalue weighted by atomic mass is 10.0. The van der Waals surface area contributed by atoms with Gasteiger partial charge in [0.1, 0.15) is 19.8 Å². The number of hydrogen-bond acceptors (Lipinski definition) is 8. The number of hydrogen-bond donors (Lipinski definition) is 0. The normalized spacial score (nSPS) is 13.4. The molecule has 75 heavy (non-hydrogen) atoms. The van der Waals surface area contributed by atoms with Crippen molar-refractivity contribution in [2.24, 2.45) is 0 Å². The first-order valence-corrected chi connectivity index (χ1v) is 33.7. The number of quaternary nitrogens is 1. The first-order valence-electron chi connectivity index (χ1n) is 32.2. The van der Waals surface area contributed by atoms with Crippen LogP contribution in [0.25, 0.3) is 0 Å². The van der Waals surface area contributed by atoms with Gasteiger partial charge in [0.05, 0.1) is 27.7 Å². The van der Waals surface area contributed by atoms with Crippen molar-refractivity contribution >= 4 is 19.8 Å². The van der Waals surface area contributed by atoms with Gasteiger partial charge in [-0.25, -0.2) is 0 Å². The fraction of sp³-hybridized carbons (Fsp3) is 0.877. The number of rotatable bonds is 60. The van der Waals surface area contributed by atoms with Gasteiger partial charge in [-0.1, -0.05) is 294 Å². The van der Waals surface area contributed by atoms with Crippen LogP contribution in [0.15, 0.2) is 36.5 Å². The lowest BCUT2D eigenvalue weighted by Crippen LogP contribution is -2.37. The van der Waals surface area contributed by atoms with Gasteiger partial charge in [-0.15, -0.1) is 0 Å². The molecule has 0 bridgehead atoms. The fourth-order valence-corrected chi connectivity index (χ4v) is 10.2. The number of unbranched alkanes of at least 4 members (excludes halogenated alkanes) is 40. The van der Waals surface area contributed by atoms with E-state index >= 15 is 0 Å². The summed E-state index contributed by atoms with van der Waals surface area (Å²) in [6.07, 6.45) is 71.0. The Hall–Kier alpha value is -1.77. The monoisotopic (exact) mass is 1080 g/mol. The van der Waals surface area contributed by atoms with Crippen molar-refractivity contribution < 1.29 is 42.1 Å². The van der Waals surface area contributed by atoms with E-state index in [4.69, 9.17) is 18.5 Å². The summed E-state index contributed by atoms with van der Waals surface area (Å²) in [4.78, 5) is 37.8. The first-order chi connectivity index (χ1) is 36.5. The van der Waals surface area contributed by atoms with Crippen molar-refractivity contribution in [2.45, 2.75) is 322 Å². The van der Waals surface area contributed by atoms with Crippen LogP contribution in [0.1, 0.15) is 316 Å². The molecule has 0 N–H and O–H groups in total. The van der Waals surface area contributed by atoms with Crippen molar-refractivity contribution in [3.05, 3.63) is 36.5 Å². The molecule has 9 nitrogen and oxygen atoms in total. The van der Waals surface area contributed by atoms with E-state index in [1.807, 2.05) is 21.1 Å². The van der Waals surface area contributed by atoms with Crippen LogP contribution >= 0.6 is 7.82 Å². The zero-order valence-electron chi connectivity index (χ0n) is 50.3. The molecule has 0 heterocycles. The molecule has 0 aromatic heterocycles. The maximum atomic E-state index is 12.8. The molecule has 2 unspecified atom stereocenters. The molecule has 10 heteroatoms. The van der Waals surface area contributed by atoms with Gasteiger partial charge in [0.25, 0.3) is 7.82 Å². The quantitative estimate of drug-likeness (QED) is 0.0195. The van der Waals surface area contributed by atoms with Crippen molar-refractivity contribution in [2.75, 3.05) is 47.5 Å². The molecule has 0 aliphatic heterocycles. The van der Waals surface area contributed by atoms with E-state index in [1.54, 1.807) is 0 Å². The van der Waals surface area contributed by atoms with E-state index in [1.165, 1.54) is 212 Å². The summed E-state index contributed by atoms with van der Waals surface area (Å²) in [5.74, 6) is -0.841. The molecule has 0 aromatic carbocycles. The van der Waals surface area contributed by atoms with Crippen LogP contribution in [0.3, 0.4) is 0 Å². The minimum atomic E-state index is -4.64. The number of likely N-dealkylation sites (N-methyl/N-ethyl adjacent to an activating group) is 1. The molecule has 0 rings (SSSR count). The van der Waals surface area contributed by atoms with Crippen LogP contribution in [0.4, 0.5) is 0 Å². The third kappa shape index (κ3) is 61.3. The van der Waals surface area contributed by atoms with Crippen LogP contribution < -0.4 is 4.89 Å². The van der Waals surface area contributed by atoms with Gasteiger partial charge in [-0.2, -0.15) is 0 Å². The Labute approximate surface area is 465 Å². The second kappa shape index (κ2) is 56.9. The maximum absolute atomic E-state index is 12.8. The average Bonchev–Trinajstić information content (AvgIpc) is 3.37. The number of allylic oxidation sites excluding steroid dienone is 6. The van der Waals surface area contributed by atoms with Gasteiger partial charge in [0, 0.05) is 12.8 Å². The Morgan fingerprint density at radius 1 is 0.427 bits per heavy atom. The highest BCUT2D eigenvalue weighted by Crippen LogP contribution is 2.38. The lowest BCUT2D eigenvalue weighted by Gasteiger charge is -2.28. The van der Waals surface area contributed by atoms with Crippen molar-refractivity contribution in [3.8, 4) is 0 Å². The van der Waals surface area contributed by atoms with Crippen LogP contribution in [-0.2, 0) is 32.7 Å². The smallest absolute Gasteiger partial charge is 0.306 e. The van der Waals surface area contributed by atoms with Crippen LogP contribution in [-0.4, -0.2) is 70.0 Å². The number of carbonyl (C=O) groups excluding carboxylic acids is 2. The minimum Gasteiger partial charge on any atom is -0.756 e. The Balaban J connectivity index is 3.89. The predicted molar refractivity (Wildman–Crippen MR) is 319 cm³/mol. The molecule has 0 aromatic rings. The highest BCUT2D eigenvalue weighted by Gasteiger charge is 2.22. The third-order valence-corrected chi connectivity index (χ3v) is 15.4. The fourth-order valence-electron chi connectivity index (χ4n) is 9.50. The van der Waals surface area contributed by atoms with Gasteiger partial charge >= 0.3 is 11.9 Å². The summed E-state index contributed by atoms with van der Waals surface area (Å²) in [6.45, 7) is 4.15. The molecule has 0 saturated heterocycles. The Kier molecular flexibility index (Phi) is 55.6. The third-order valence-electron chi connectivity index (χ3n) is 14.4. The van der Waals surface area contributed by atoms with E-state index in [-0.39, 0.29) is 32.0 Å². The Bertz CT molecular complexity index is 1360. The molecule has 0 saturated carbocycles. The van der Waals surface area contributed by atoms with Gasteiger partial charge in [0.2, 0.25) is 0 Å². The maximum Gasteiger partial charge on any atom is 0.306 e. The predicted octanol–water partition coefficient (Wildman–Crippen LogP) is 19.7. The second-order valence-electron chi connectivity index (χ2n) is 23.1. The summed E-state index contributed by atoms with van der Waals surface area (Å²) < 4.78 is 34.1. The summed E-state index contributed by atoms with van der Waals surface area (Å²) in [6, 6.07) is 0. The molecule has 442 valence electrons. The number of ether oxygens (including phenoxy) is 2. The standard InChI is InChI=1S/C65H124NO8P/c1-6-8-10-12-14-16-18-20-22-23-24-25-26-27-28-29-30-31-32-33-34-35-36-37-38-39-40-41-42-44-45-47-49-51-53-55-57-64(67)71-61-63(62-73-75(69,70)72-60-59-66(3,4)5)74-65(68)58-56-54-52-50-48-46-43-21-19-17-15-13-11-9-7-2/h9,11,15,17,21,43,63H,6-8,10,12-14,16,18-20,22-42,44-62H2,1-5H3/b11-9-,17-15-,43-21-. The lowest BCUT2D eigenvalue weighted by molar-refractivity contribution is -0.870. The number of nitrogens with zero attached hydrogens (tertiary/aromatic N) is 1. The molecule has 0 radical (unpaired) electrons. The Morgan fingerprint density at radius 2 is 0.760 bits per heavy atom. The highest BCUT2D eigenvalue weighted by molar-refractivity contribution is 7.45. The van der Waals surface area contributed by atoms with Crippen molar-refractivity contribution in [1.82, 2.24) is 0 Å². The minimum absolute atomic E-state index is 0.0334. The molecule has 2 atom stereocenters. The zero-order chi connectivity index (χ0) is 54.9. The van der Waals surface area contributed by atoms with Crippen molar-refractivity contribution in [3.63, 3.8) is 0 Å². The van der Waals surface area contributed by atoms with Gasteiger partial charge in [-0.05, 0) is 44.9 Å². The van der Waals surface area contributed by atoms with Gasteiger partial charge < -0.3 is 27.9 Å². The molecular formula is C65H124NO8P. The van der Waals surface area contributed by atoms with Crippen LogP contribution in [0.2, 0.25) is 0 Å². The zero-order valence-corrected chi connectivity index (χ0v) is 51.2. The van der Waals surface area contributed by atoms with E-state index < -0.39 is 26.5 Å². The summed E-state index contributed by atoms with van der Waals surface area (Å²) in [7, 11) is 1.16. The van der Waals surface area contributed by atoms with Crippen LogP contribution in [0.5, 0.6) is 0 Å². The first kappa shape index (κ1) is 73.2. The number of carbonyl (C=O) groups is 2. The van der Waals surface area contributed by atoms with Gasteiger partial charge in [0.15, 0.2) is 6.10 Å². The van der Waals surface area contributed by atoms with Crippen molar-refractivity contribution in [1.29, 1.82) is 0 Å². The van der Waals surface area contributed by atoms with E-state index in [2.05, 4.69) is 50.3 Å². The van der Waals surface area contributed by atoms with E-state index in [0.717, 1.165) is 70.6 Å². The van der Waals surface area contributed by atoms with E-state index in [9.17, 15) is 19.0 Å². The summed E-state index contributed by atoms with van der Waals surface area (Å²) in [5, 5.41) is 0. The highest BCUT2D eigenvalue weighted by atomic mass is 31.2. The average molecular weight is 1080 g/mol. The number of phosphoric acid groups is 1. The largest absolute Gasteiger partial charge is 0.756 e. The molecule has 0 fully saturated rings. The second-order valence-corrected chi connectivity index (χ2v) is 24.5. The number of phosphoric ester groups is 1. The molecule has 0 spiro atoms. The molecular weight excluding hydrogens is 954 g/mol. The van der Waals surface area contributed by atoms with E-state index in [0.29, 0.717) is 17.4 Å². The Morgan fingerprint density at radius 3 is 1.13 bits per heavy atom. The number of esters is 2. The topological polar surface area (TPSA) is 111 Å². The molecule has 0 aliphatic carbocycles. The SMILES string of the molecule is CC/C=C\C/C=C\C/C=C\CCCCCCCC(=O)OC(COC(=O)CCCCCCCCCCCCCCCCCCCCCCCCCCCCCCCCCCCCCC)COP(=O)([O-])OCC[N+](C)(C)C. The molecule has 0 aliphatic rings. The summed E-state index contributed by atoms with van der Waals surface area (Å²) in [5.41, 5.74) is 0. The van der Waals surface area contributed by atoms with Crippen LogP contribution in [0, 0.1) is 0 Å². The molecule has 0 amide bonds. The van der Waals surface area contributed by atoms with Gasteiger partial charge in [-0.3, -0.25) is 14.2 Å². The summed E-state index contributed by atoms with van der Waals surface area (Å²) >= 11 is 0.